The van der Waals surface area contributed by atoms with Gasteiger partial charge in [-0.2, -0.15) is 0 Å². The summed E-state index contributed by atoms with van der Waals surface area (Å²) in [6.07, 6.45) is 5.03. The molecule has 0 unspecified atom stereocenters. The Morgan fingerprint density at radius 3 is 2.46 bits per heavy atom. The highest BCUT2D eigenvalue weighted by molar-refractivity contribution is 7.91. The highest BCUT2D eigenvalue weighted by atomic mass is 32.2. The first-order valence-corrected chi connectivity index (χ1v) is 13.4. The van der Waals surface area contributed by atoms with Gasteiger partial charge in [0.2, 0.25) is 0 Å². The van der Waals surface area contributed by atoms with Gasteiger partial charge in [-0.3, -0.25) is 4.98 Å². The Bertz CT molecular complexity index is 1570. The van der Waals surface area contributed by atoms with Gasteiger partial charge < -0.3 is 24.8 Å². The van der Waals surface area contributed by atoms with Crippen molar-refractivity contribution in [3.05, 3.63) is 48.7 Å². The number of ether oxygens (including phenoxy) is 1. The van der Waals surface area contributed by atoms with Crippen LogP contribution in [0.25, 0.3) is 22.3 Å². The summed E-state index contributed by atoms with van der Waals surface area (Å²) in [4.78, 5) is 32.8. The number of aromatic nitrogens is 5. The van der Waals surface area contributed by atoms with E-state index in [1.54, 1.807) is 25.8 Å². The van der Waals surface area contributed by atoms with E-state index in [1.165, 1.54) is 7.11 Å². The quantitative estimate of drug-likeness (QED) is 0.360. The molecule has 0 bridgehead atoms. The summed E-state index contributed by atoms with van der Waals surface area (Å²) in [5, 5.41) is 6.21. The number of sulfone groups is 1. The molecule has 4 aromatic rings. The number of carbonyl (C=O) groups excluding carboxylic acids is 1. The summed E-state index contributed by atoms with van der Waals surface area (Å²) in [6, 6.07) is 7.47. The van der Waals surface area contributed by atoms with E-state index in [2.05, 4.69) is 30.6 Å². The van der Waals surface area contributed by atoms with Crippen molar-refractivity contribution in [3.63, 3.8) is 0 Å². The standard InChI is InChI=1S/C24H26N8O4S/c1-25-22-20(17-12-26-13-18-19(17)27-14-31(18)2)29-21(24(33)36-3)23(30-22)28-15-4-6-16(7-5-15)32-8-10-37(34,35)11-9-32/h4-7,12-14H,8-11H2,1-3H3,(H2,25,28,30). The fourth-order valence-electron chi connectivity index (χ4n) is 4.20. The van der Waals surface area contributed by atoms with Gasteiger partial charge >= 0.3 is 5.97 Å². The van der Waals surface area contributed by atoms with Gasteiger partial charge in [-0.1, -0.05) is 0 Å². The molecule has 1 aromatic carbocycles. The molecule has 5 rings (SSSR count). The van der Waals surface area contributed by atoms with E-state index in [0.717, 1.165) is 11.2 Å². The lowest BCUT2D eigenvalue weighted by atomic mass is 10.1. The van der Waals surface area contributed by atoms with E-state index in [4.69, 9.17) is 4.74 Å². The van der Waals surface area contributed by atoms with Crippen molar-refractivity contribution < 1.29 is 17.9 Å². The molecule has 0 atom stereocenters. The van der Waals surface area contributed by atoms with E-state index >= 15 is 0 Å². The minimum Gasteiger partial charge on any atom is -0.464 e. The molecule has 1 aliphatic heterocycles. The molecule has 0 saturated carbocycles. The topological polar surface area (TPSA) is 144 Å². The van der Waals surface area contributed by atoms with Crippen molar-refractivity contribution in [2.45, 2.75) is 0 Å². The summed E-state index contributed by atoms with van der Waals surface area (Å²) in [5.41, 5.74) is 4.14. The van der Waals surface area contributed by atoms with Crippen molar-refractivity contribution in [2.75, 3.05) is 54.3 Å². The summed E-state index contributed by atoms with van der Waals surface area (Å²) < 4.78 is 30.3. The van der Waals surface area contributed by atoms with Crippen LogP contribution in [0.15, 0.2) is 43.0 Å². The minimum atomic E-state index is -2.96. The van der Waals surface area contributed by atoms with Crippen LogP contribution in [-0.4, -0.2) is 77.6 Å². The molecule has 1 aliphatic rings. The predicted octanol–water partition coefficient (Wildman–Crippen LogP) is 2.23. The van der Waals surface area contributed by atoms with Crippen LogP contribution in [0.3, 0.4) is 0 Å². The SMILES string of the molecule is CNc1nc(Nc2ccc(N3CCS(=O)(=O)CC3)cc2)c(C(=O)OC)nc1-c1cncc2c1ncn2C. The number of pyridine rings is 1. The van der Waals surface area contributed by atoms with Gasteiger partial charge in [0, 0.05) is 44.8 Å². The maximum atomic E-state index is 12.7. The van der Waals surface area contributed by atoms with E-state index in [-0.39, 0.29) is 23.0 Å². The van der Waals surface area contributed by atoms with Crippen LogP contribution in [0, 0.1) is 0 Å². The Balaban J connectivity index is 1.49. The third kappa shape index (κ3) is 4.77. The molecule has 0 radical (unpaired) electrons. The molecule has 13 heteroatoms. The van der Waals surface area contributed by atoms with Crippen molar-refractivity contribution in [3.8, 4) is 11.3 Å². The van der Waals surface area contributed by atoms with Gasteiger partial charge in [0.1, 0.15) is 11.2 Å². The lowest BCUT2D eigenvalue weighted by Crippen LogP contribution is -2.40. The van der Waals surface area contributed by atoms with Crippen LogP contribution in [0.5, 0.6) is 0 Å². The van der Waals surface area contributed by atoms with Crippen molar-refractivity contribution in [1.82, 2.24) is 24.5 Å². The summed E-state index contributed by atoms with van der Waals surface area (Å²) in [5.74, 6) is 0.295. The molecule has 1 fully saturated rings. The molecule has 37 heavy (non-hydrogen) atoms. The van der Waals surface area contributed by atoms with E-state index in [1.807, 2.05) is 40.8 Å². The second-order valence-corrected chi connectivity index (χ2v) is 10.9. The van der Waals surface area contributed by atoms with Crippen LogP contribution < -0.4 is 15.5 Å². The molecular weight excluding hydrogens is 496 g/mol. The zero-order chi connectivity index (χ0) is 26.2. The van der Waals surface area contributed by atoms with Crippen LogP contribution in [0.4, 0.5) is 23.0 Å². The number of fused-ring (bicyclic) bond motifs is 1. The average Bonchev–Trinajstić information content (AvgIpc) is 3.29. The van der Waals surface area contributed by atoms with E-state index < -0.39 is 15.8 Å². The predicted molar refractivity (Wildman–Crippen MR) is 141 cm³/mol. The number of benzene rings is 1. The van der Waals surface area contributed by atoms with Gasteiger partial charge in [-0.05, 0) is 24.3 Å². The Kier molecular flexibility index (Phi) is 6.38. The van der Waals surface area contributed by atoms with Crippen LogP contribution >= 0.6 is 0 Å². The first kappa shape index (κ1) is 24.4. The number of nitrogens with one attached hydrogen (secondary N) is 2. The van der Waals surface area contributed by atoms with Crippen LogP contribution in [-0.2, 0) is 21.6 Å². The molecule has 0 spiro atoms. The fourth-order valence-corrected chi connectivity index (χ4v) is 5.40. The van der Waals surface area contributed by atoms with Crippen molar-refractivity contribution >= 4 is 49.9 Å². The Labute approximate surface area is 213 Å². The molecule has 0 amide bonds. The van der Waals surface area contributed by atoms with E-state index in [9.17, 15) is 13.2 Å². The van der Waals surface area contributed by atoms with Gasteiger partial charge in [-0.15, -0.1) is 0 Å². The number of carbonyl (C=O) groups is 1. The zero-order valence-corrected chi connectivity index (χ0v) is 21.4. The summed E-state index contributed by atoms with van der Waals surface area (Å²) >= 11 is 0. The smallest absolute Gasteiger partial charge is 0.360 e. The monoisotopic (exact) mass is 522 g/mol. The average molecular weight is 523 g/mol. The number of hydrogen-bond acceptors (Lipinski definition) is 11. The number of esters is 1. The highest BCUT2D eigenvalue weighted by Crippen LogP contribution is 2.33. The number of aryl methyl sites for hydroxylation is 1. The second-order valence-electron chi connectivity index (χ2n) is 8.58. The van der Waals surface area contributed by atoms with Gasteiger partial charge in [0.15, 0.2) is 27.2 Å². The third-order valence-electron chi connectivity index (χ3n) is 6.24. The minimum absolute atomic E-state index is 0.00903. The third-order valence-corrected chi connectivity index (χ3v) is 7.85. The molecule has 192 valence electrons. The number of nitrogens with zero attached hydrogens (tertiary/aromatic N) is 6. The normalized spacial score (nSPS) is 14.9. The maximum Gasteiger partial charge on any atom is 0.360 e. The largest absolute Gasteiger partial charge is 0.464 e. The molecular formula is C24H26N8O4S. The van der Waals surface area contributed by atoms with Gasteiger partial charge in [-0.25, -0.2) is 28.2 Å². The zero-order valence-electron chi connectivity index (χ0n) is 20.6. The molecule has 12 nitrogen and oxygen atoms in total. The Morgan fingerprint density at radius 2 is 1.78 bits per heavy atom. The number of anilines is 4. The first-order valence-electron chi connectivity index (χ1n) is 11.6. The van der Waals surface area contributed by atoms with Crippen molar-refractivity contribution in [2.24, 2.45) is 7.05 Å². The number of rotatable bonds is 6. The van der Waals surface area contributed by atoms with Crippen LogP contribution in [0.2, 0.25) is 0 Å². The second kappa shape index (κ2) is 9.65. The van der Waals surface area contributed by atoms with Crippen molar-refractivity contribution in [1.29, 1.82) is 0 Å². The van der Waals surface area contributed by atoms with Gasteiger partial charge in [0.25, 0.3) is 0 Å². The summed E-state index contributed by atoms with van der Waals surface area (Å²) in [6.45, 7) is 0.913. The number of hydrogen-bond donors (Lipinski definition) is 2. The Hall–Kier alpha value is -4.26. The number of imidazole rings is 1. The fraction of sp³-hybridized carbons (Fsp3) is 0.292. The Morgan fingerprint density at radius 1 is 1.05 bits per heavy atom. The summed E-state index contributed by atoms with van der Waals surface area (Å²) in [7, 11) is 1.92. The van der Waals surface area contributed by atoms with Gasteiger partial charge in [0.05, 0.1) is 42.2 Å². The molecule has 0 aliphatic carbocycles. The lowest BCUT2D eigenvalue weighted by Gasteiger charge is -2.28. The molecule has 1 saturated heterocycles. The maximum absolute atomic E-state index is 12.7. The van der Waals surface area contributed by atoms with E-state index in [0.29, 0.717) is 41.4 Å². The lowest BCUT2D eigenvalue weighted by molar-refractivity contribution is 0.0595. The molecule has 4 heterocycles. The first-order chi connectivity index (χ1) is 17.8. The molecule has 3 aromatic heterocycles. The van der Waals surface area contributed by atoms with Crippen LogP contribution in [0.1, 0.15) is 10.5 Å². The number of methoxy groups -OCH3 is 1. The molecule has 2 N–H and O–H groups in total. The highest BCUT2D eigenvalue weighted by Gasteiger charge is 2.24.